The van der Waals surface area contributed by atoms with Crippen LogP contribution < -0.4 is 5.32 Å². The van der Waals surface area contributed by atoms with Crippen molar-refractivity contribution in [3.63, 3.8) is 0 Å². The van der Waals surface area contributed by atoms with E-state index in [-0.39, 0.29) is 18.3 Å². The van der Waals surface area contributed by atoms with Crippen LogP contribution in [0, 0.1) is 5.92 Å². The molecule has 1 saturated carbocycles. The molecule has 2 N–H and O–H groups in total. The normalized spacial score (nSPS) is 37.8. The second kappa shape index (κ2) is 3.27. The van der Waals surface area contributed by atoms with Crippen LogP contribution in [-0.4, -0.2) is 22.5 Å². The topological polar surface area (TPSA) is 66.4 Å². The highest BCUT2D eigenvalue weighted by Crippen LogP contribution is 2.37. The Kier molecular flexibility index (Phi) is 2.63. The number of carbonyl (C=O) groups is 2. The van der Waals surface area contributed by atoms with Crippen molar-refractivity contribution in [1.29, 1.82) is 0 Å². The molecule has 0 bridgehead atoms. The van der Waals surface area contributed by atoms with Crippen molar-refractivity contribution in [2.75, 3.05) is 0 Å². The van der Waals surface area contributed by atoms with E-state index in [1.807, 2.05) is 0 Å². The number of amides is 2. The zero-order valence-corrected chi connectivity index (χ0v) is 7.89. The van der Waals surface area contributed by atoms with Crippen molar-refractivity contribution in [3.8, 4) is 0 Å². The molecule has 2 unspecified atom stereocenters. The Balaban J connectivity index is 0.000000845. The zero-order valence-electron chi connectivity index (χ0n) is 7.08. The Morgan fingerprint density at radius 3 is 2.69 bits per heavy atom. The van der Waals surface area contributed by atoms with Gasteiger partial charge >= 0.3 is 0 Å². The molecule has 1 heterocycles. The van der Waals surface area contributed by atoms with Gasteiger partial charge in [-0.15, -0.1) is 12.4 Å². The van der Waals surface area contributed by atoms with Crippen molar-refractivity contribution < 1.29 is 14.7 Å². The van der Waals surface area contributed by atoms with Gasteiger partial charge in [-0.1, -0.05) is 6.42 Å². The van der Waals surface area contributed by atoms with Crippen molar-refractivity contribution in [3.05, 3.63) is 0 Å². The van der Waals surface area contributed by atoms with E-state index in [0.29, 0.717) is 12.8 Å². The van der Waals surface area contributed by atoms with Gasteiger partial charge < -0.3 is 5.11 Å². The molecular weight excluding hydrogens is 194 g/mol. The second-order valence-corrected chi connectivity index (χ2v) is 3.54. The molecule has 0 aromatic heterocycles. The summed E-state index contributed by atoms with van der Waals surface area (Å²) in [6.07, 6.45) is 2.81. The summed E-state index contributed by atoms with van der Waals surface area (Å²) in [5.41, 5.74) is -1.38. The third-order valence-corrected chi connectivity index (χ3v) is 2.82. The molecule has 2 atom stereocenters. The van der Waals surface area contributed by atoms with Crippen molar-refractivity contribution in [1.82, 2.24) is 5.32 Å². The maximum absolute atomic E-state index is 11.2. The van der Waals surface area contributed by atoms with E-state index in [1.54, 1.807) is 0 Å². The number of hydrogen-bond donors (Lipinski definition) is 2. The highest BCUT2D eigenvalue weighted by atomic mass is 35.5. The average molecular weight is 206 g/mol. The number of carbonyl (C=O) groups excluding carboxylic acids is 2. The summed E-state index contributed by atoms with van der Waals surface area (Å²) in [7, 11) is 0. The van der Waals surface area contributed by atoms with Crippen LogP contribution in [0.25, 0.3) is 0 Å². The molecule has 2 rings (SSSR count). The van der Waals surface area contributed by atoms with Crippen LogP contribution in [0.2, 0.25) is 0 Å². The summed E-state index contributed by atoms with van der Waals surface area (Å²) in [4.78, 5) is 22.3. The summed E-state index contributed by atoms with van der Waals surface area (Å²) in [6, 6.07) is 0. The predicted molar refractivity (Wildman–Crippen MR) is 47.3 cm³/mol. The van der Waals surface area contributed by atoms with Crippen LogP contribution >= 0.6 is 12.4 Å². The molecule has 1 aliphatic heterocycles. The fourth-order valence-electron chi connectivity index (χ4n) is 2.08. The summed E-state index contributed by atoms with van der Waals surface area (Å²) in [5.74, 6) is -1.29. The fourth-order valence-corrected chi connectivity index (χ4v) is 2.08. The maximum atomic E-state index is 11.2. The molecule has 2 aliphatic rings. The summed E-state index contributed by atoms with van der Waals surface area (Å²) < 4.78 is 0. The molecule has 0 aromatic rings. The van der Waals surface area contributed by atoms with Gasteiger partial charge in [-0.05, 0) is 19.3 Å². The summed E-state index contributed by atoms with van der Waals surface area (Å²) >= 11 is 0. The van der Waals surface area contributed by atoms with Crippen LogP contribution in [0.5, 0.6) is 0 Å². The van der Waals surface area contributed by atoms with E-state index in [9.17, 15) is 14.7 Å². The molecule has 0 radical (unpaired) electrons. The largest absolute Gasteiger partial charge is 0.379 e. The lowest BCUT2D eigenvalue weighted by atomic mass is 9.77. The monoisotopic (exact) mass is 205 g/mol. The minimum absolute atomic E-state index is 0. The Bertz CT molecular complexity index is 256. The van der Waals surface area contributed by atoms with Crippen LogP contribution in [0.4, 0.5) is 0 Å². The quantitative estimate of drug-likeness (QED) is 0.547. The van der Waals surface area contributed by atoms with Gasteiger partial charge in [0.05, 0.1) is 5.92 Å². The molecule has 2 fully saturated rings. The number of aliphatic hydroxyl groups is 1. The van der Waals surface area contributed by atoms with Gasteiger partial charge in [0.1, 0.15) is 0 Å². The number of fused-ring (bicyclic) bond motifs is 1. The summed E-state index contributed by atoms with van der Waals surface area (Å²) in [5, 5.41) is 12.0. The first-order valence-corrected chi connectivity index (χ1v) is 4.22. The fraction of sp³-hybridized carbons (Fsp3) is 0.750. The molecule has 4 nitrogen and oxygen atoms in total. The Hall–Kier alpha value is -0.610. The molecule has 1 saturated heterocycles. The number of nitrogens with one attached hydrogen (secondary N) is 1. The predicted octanol–water partition coefficient (Wildman–Crippen LogP) is -0.0141. The minimum Gasteiger partial charge on any atom is -0.379 e. The van der Waals surface area contributed by atoms with Crippen LogP contribution in [0.15, 0.2) is 0 Å². The van der Waals surface area contributed by atoms with E-state index in [1.165, 1.54) is 0 Å². The van der Waals surface area contributed by atoms with Gasteiger partial charge in [0.2, 0.25) is 5.91 Å². The van der Waals surface area contributed by atoms with Gasteiger partial charge in [-0.3, -0.25) is 14.9 Å². The van der Waals surface area contributed by atoms with Gasteiger partial charge in [-0.2, -0.15) is 0 Å². The smallest absolute Gasteiger partial charge is 0.259 e. The zero-order chi connectivity index (χ0) is 8.77. The first-order chi connectivity index (χ1) is 5.64. The van der Waals surface area contributed by atoms with Crippen LogP contribution in [0.3, 0.4) is 0 Å². The first-order valence-electron chi connectivity index (χ1n) is 4.22. The van der Waals surface area contributed by atoms with Gasteiger partial charge in [-0.25, -0.2) is 0 Å². The van der Waals surface area contributed by atoms with E-state index >= 15 is 0 Å². The highest BCUT2D eigenvalue weighted by Gasteiger charge is 2.54. The Labute approximate surface area is 82.1 Å². The second-order valence-electron chi connectivity index (χ2n) is 3.54. The molecule has 74 valence electrons. The highest BCUT2D eigenvalue weighted by molar-refractivity contribution is 6.09. The molecule has 13 heavy (non-hydrogen) atoms. The first kappa shape index (κ1) is 10.5. The van der Waals surface area contributed by atoms with Crippen LogP contribution in [-0.2, 0) is 9.59 Å². The lowest BCUT2D eigenvalue weighted by Gasteiger charge is -2.29. The van der Waals surface area contributed by atoms with Gasteiger partial charge in [0, 0.05) is 0 Å². The van der Waals surface area contributed by atoms with E-state index < -0.39 is 17.4 Å². The lowest BCUT2D eigenvalue weighted by molar-refractivity contribution is -0.142. The van der Waals surface area contributed by atoms with Crippen LogP contribution in [0.1, 0.15) is 25.7 Å². The van der Waals surface area contributed by atoms with Crippen molar-refractivity contribution in [2.24, 2.45) is 5.92 Å². The maximum Gasteiger partial charge on any atom is 0.259 e. The third kappa shape index (κ3) is 1.34. The SMILES string of the molecule is Cl.O=C1NC(=O)C2(O)CCCCC12. The number of rotatable bonds is 0. The standard InChI is InChI=1S/C8H11NO3.ClH/c10-6-5-3-1-2-4-8(5,12)7(11)9-6;/h5,12H,1-4H2,(H,9,10,11);1H. The number of halogens is 1. The Morgan fingerprint density at radius 1 is 1.38 bits per heavy atom. The number of imide groups is 1. The molecule has 0 aromatic carbocycles. The molecule has 0 spiro atoms. The third-order valence-electron chi connectivity index (χ3n) is 2.82. The minimum atomic E-state index is -1.38. The van der Waals surface area contributed by atoms with Crippen molar-refractivity contribution in [2.45, 2.75) is 31.3 Å². The number of hydrogen-bond acceptors (Lipinski definition) is 3. The molecule has 2 amide bonds. The van der Waals surface area contributed by atoms with E-state index in [0.717, 1.165) is 12.8 Å². The lowest BCUT2D eigenvalue weighted by Crippen LogP contribution is -2.44. The molecule has 5 heteroatoms. The van der Waals surface area contributed by atoms with E-state index in [4.69, 9.17) is 0 Å². The molecular formula is C8H12ClNO3. The van der Waals surface area contributed by atoms with Gasteiger partial charge in [0.25, 0.3) is 5.91 Å². The Morgan fingerprint density at radius 2 is 2.08 bits per heavy atom. The molecule has 1 aliphatic carbocycles. The van der Waals surface area contributed by atoms with Gasteiger partial charge in [0.15, 0.2) is 5.60 Å². The van der Waals surface area contributed by atoms with E-state index in [2.05, 4.69) is 5.32 Å². The summed E-state index contributed by atoms with van der Waals surface area (Å²) in [6.45, 7) is 0. The van der Waals surface area contributed by atoms with Crippen molar-refractivity contribution >= 4 is 24.2 Å². The average Bonchev–Trinajstić information content (AvgIpc) is 2.25.